The Morgan fingerprint density at radius 3 is 2.36 bits per heavy atom. The first kappa shape index (κ1) is 21.0. The molecule has 0 spiro atoms. The van der Waals surface area contributed by atoms with Crippen LogP contribution >= 0.6 is 0 Å². The summed E-state index contributed by atoms with van der Waals surface area (Å²) in [4.78, 5) is 33.8. The lowest BCUT2D eigenvalue weighted by Crippen LogP contribution is -2.23. The van der Waals surface area contributed by atoms with E-state index in [0.717, 1.165) is 16.4 Å². The van der Waals surface area contributed by atoms with Crippen LogP contribution in [0.3, 0.4) is 0 Å². The molecule has 0 atom stereocenters. The average Bonchev–Trinajstić information content (AvgIpc) is 2.66. The molecule has 11 heteroatoms. The summed E-state index contributed by atoms with van der Waals surface area (Å²) >= 11 is 0. The normalized spacial score (nSPS) is 11.1. The molecule has 0 aliphatic rings. The SMILES string of the molecule is CN(C)S(=O)(=O)c1cccc(NC(=O)COC(=O)c2ccc([N+](=O)[O-])cc2)c1. The van der Waals surface area contributed by atoms with Gasteiger partial charge in [-0.3, -0.25) is 14.9 Å². The second-order valence-corrected chi connectivity index (χ2v) is 7.90. The number of rotatable bonds is 7. The van der Waals surface area contributed by atoms with Crippen LogP contribution < -0.4 is 5.32 Å². The standard InChI is InChI=1S/C17H17N3O7S/c1-19(2)28(25,26)15-5-3-4-13(10-15)18-16(21)11-27-17(22)12-6-8-14(9-7-12)20(23)24/h3-10H,11H2,1-2H3,(H,18,21). The number of esters is 1. The van der Waals surface area contributed by atoms with E-state index in [1.807, 2.05) is 0 Å². The van der Waals surface area contributed by atoms with Gasteiger partial charge in [0.1, 0.15) is 0 Å². The lowest BCUT2D eigenvalue weighted by Gasteiger charge is -2.12. The van der Waals surface area contributed by atoms with Crippen molar-refractivity contribution in [2.45, 2.75) is 4.90 Å². The van der Waals surface area contributed by atoms with Gasteiger partial charge in [0, 0.05) is 31.9 Å². The summed E-state index contributed by atoms with van der Waals surface area (Å²) in [5.41, 5.74) is 0.0960. The number of nitrogens with one attached hydrogen (secondary N) is 1. The van der Waals surface area contributed by atoms with E-state index < -0.39 is 33.4 Å². The Hall–Kier alpha value is -3.31. The third-order valence-electron chi connectivity index (χ3n) is 3.54. The van der Waals surface area contributed by atoms with Crippen molar-refractivity contribution in [1.82, 2.24) is 4.31 Å². The van der Waals surface area contributed by atoms with Gasteiger partial charge in [-0.2, -0.15) is 0 Å². The van der Waals surface area contributed by atoms with Crippen molar-refractivity contribution in [1.29, 1.82) is 0 Å². The van der Waals surface area contributed by atoms with Crippen LogP contribution in [0.2, 0.25) is 0 Å². The first-order valence-electron chi connectivity index (χ1n) is 7.85. The maximum atomic E-state index is 12.1. The van der Waals surface area contributed by atoms with Crippen molar-refractivity contribution in [3.8, 4) is 0 Å². The Morgan fingerprint density at radius 1 is 1.14 bits per heavy atom. The molecule has 0 heterocycles. The van der Waals surface area contributed by atoms with E-state index >= 15 is 0 Å². The van der Waals surface area contributed by atoms with Crippen molar-refractivity contribution >= 4 is 33.3 Å². The van der Waals surface area contributed by atoms with Crippen LogP contribution in [0.4, 0.5) is 11.4 Å². The van der Waals surface area contributed by atoms with Crippen molar-refractivity contribution in [3.05, 3.63) is 64.2 Å². The molecule has 0 fully saturated rings. The molecular formula is C17H17N3O7S. The van der Waals surface area contributed by atoms with E-state index in [0.29, 0.717) is 0 Å². The zero-order chi connectivity index (χ0) is 20.9. The molecular weight excluding hydrogens is 390 g/mol. The Bertz CT molecular complexity index is 1000. The molecule has 2 rings (SSSR count). The second kappa shape index (κ2) is 8.59. The first-order valence-corrected chi connectivity index (χ1v) is 9.29. The number of nitrogens with zero attached hydrogens (tertiary/aromatic N) is 2. The Kier molecular flexibility index (Phi) is 6.44. The number of carbonyl (C=O) groups is 2. The van der Waals surface area contributed by atoms with Crippen LogP contribution in [0.25, 0.3) is 0 Å². The number of ether oxygens (including phenoxy) is 1. The van der Waals surface area contributed by atoms with E-state index in [1.54, 1.807) is 0 Å². The van der Waals surface area contributed by atoms with Crippen molar-refractivity contribution in [3.63, 3.8) is 0 Å². The molecule has 148 valence electrons. The zero-order valence-electron chi connectivity index (χ0n) is 15.0. The van der Waals surface area contributed by atoms with Gasteiger partial charge in [-0.05, 0) is 30.3 Å². The van der Waals surface area contributed by atoms with Gasteiger partial charge in [0.05, 0.1) is 15.4 Å². The number of hydrogen-bond acceptors (Lipinski definition) is 7. The highest BCUT2D eigenvalue weighted by atomic mass is 32.2. The predicted molar refractivity (Wildman–Crippen MR) is 99.3 cm³/mol. The molecule has 0 radical (unpaired) electrons. The third kappa shape index (κ3) is 5.11. The summed E-state index contributed by atoms with van der Waals surface area (Å²) in [5, 5.41) is 13.0. The molecule has 28 heavy (non-hydrogen) atoms. The van der Waals surface area contributed by atoms with Crippen LogP contribution in [0, 0.1) is 10.1 Å². The average molecular weight is 407 g/mol. The number of non-ortho nitro benzene ring substituents is 1. The molecule has 1 N–H and O–H groups in total. The number of benzene rings is 2. The fourth-order valence-corrected chi connectivity index (χ4v) is 3.02. The number of amides is 1. The number of nitro groups is 1. The molecule has 1 amide bonds. The third-order valence-corrected chi connectivity index (χ3v) is 5.36. The topological polar surface area (TPSA) is 136 Å². The lowest BCUT2D eigenvalue weighted by molar-refractivity contribution is -0.384. The zero-order valence-corrected chi connectivity index (χ0v) is 15.8. The van der Waals surface area contributed by atoms with E-state index in [2.05, 4.69) is 5.32 Å². The maximum absolute atomic E-state index is 12.1. The number of nitro benzene ring substituents is 1. The summed E-state index contributed by atoms with van der Waals surface area (Å²) in [6, 6.07) is 10.4. The van der Waals surface area contributed by atoms with Crippen LogP contribution in [0.5, 0.6) is 0 Å². The first-order chi connectivity index (χ1) is 13.1. The van der Waals surface area contributed by atoms with E-state index in [4.69, 9.17) is 4.74 Å². The van der Waals surface area contributed by atoms with Gasteiger partial charge in [0.15, 0.2) is 6.61 Å². The monoisotopic (exact) mass is 407 g/mol. The summed E-state index contributed by atoms with van der Waals surface area (Å²) in [7, 11) is -0.884. The fraction of sp³-hybridized carbons (Fsp3) is 0.176. The van der Waals surface area contributed by atoms with E-state index in [1.165, 1.54) is 50.5 Å². The van der Waals surface area contributed by atoms with Crippen LogP contribution in [-0.4, -0.2) is 50.2 Å². The van der Waals surface area contributed by atoms with Gasteiger partial charge in [-0.1, -0.05) is 6.07 Å². The van der Waals surface area contributed by atoms with Crippen LogP contribution in [-0.2, 0) is 19.6 Å². The van der Waals surface area contributed by atoms with E-state index in [-0.39, 0.29) is 21.8 Å². The largest absolute Gasteiger partial charge is 0.452 e. The fourth-order valence-electron chi connectivity index (χ4n) is 2.08. The van der Waals surface area contributed by atoms with Crippen LogP contribution in [0.15, 0.2) is 53.4 Å². The number of carbonyl (C=O) groups excluding carboxylic acids is 2. The molecule has 0 bridgehead atoms. The molecule has 0 unspecified atom stereocenters. The lowest BCUT2D eigenvalue weighted by atomic mass is 10.2. The molecule has 10 nitrogen and oxygen atoms in total. The van der Waals surface area contributed by atoms with Gasteiger partial charge in [0.2, 0.25) is 10.0 Å². The van der Waals surface area contributed by atoms with Crippen molar-refractivity contribution in [2.24, 2.45) is 0 Å². The van der Waals surface area contributed by atoms with Gasteiger partial charge in [-0.25, -0.2) is 17.5 Å². The molecule has 0 aromatic heterocycles. The Balaban J connectivity index is 1.97. The number of hydrogen-bond donors (Lipinski definition) is 1. The highest BCUT2D eigenvalue weighted by Gasteiger charge is 2.18. The summed E-state index contributed by atoms with van der Waals surface area (Å²) in [5.74, 6) is -1.50. The highest BCUT2D eigenvalue weighted by molar-refractivity contribution is 7.89. The molecule has 2 aromatic carbocycles. The van der Waals surface area contributed by atoms with Gasteiger partial charge < -0.3 is 10.1 Å². The summed E-state index contributed by atoms with van der Waals surface area (Å²) in [6.07, 6.45) is 0. The van der Waals surface area contributed by atoms with Gasteiger partial charge in [0.25, 0.3) is 11.6 Å². The summed E-state index contributed by atoms with van der Waals surface area (Å²) in [6.45, 7) is -0.611. The van der Waals surface area contributed by atoms with Gasteiger partial charge >= 0.3 is 5.97 Å². The minimum Gasteiger partial charge on any atom is -0.452 e. The highest BCUT2D eigenvalue weighted by Crippen LogP contribution is 2.18. The van der Waals surface area contributed by atoms with Gasteiger partial charge in [-0.15, -0.1) is 0 Å². The quantitative estimate of drug-likeness (QED) is 0.418. The van der Waals surface area contributed by atoms with Crippen molar-refractivity contribution in [2.75, 3.05) is 26.0 Å². The molecule has 0 saturated heterocycles. The second-order valence-electron chi connectivity index (χ2n) is 5.74. The Morgan fingerprint density at radius 2 is 1.79 bits per heavy atom. The Labute approximate surface area is 160 Å². The van der Waals surface area contributed by atoms with Crippen molar-refractivity contribution < 1.29 is 27.7 Å². The minimum atomic E-state index is -3.66. The molecule has 0 aliphatic heterocycles. The minimum absolute atomic E-state index is 0.00169. The maximum Gasteiger partial charge on any atom is 0.338 e. The van der Waals surface area contributed by atoms with E-state index in [9.17, 15) is 28.1 Å². The molecule has 0 aliphatic carbocycles. The summed E-state index contributed by atoms with van der Waals surface area (Å²) < 4.78 is 30.1. The number of sulfonamides is 1. The number of anilines is 1. The molecule has 2 aromatic rings. The van der Waals surface area contributed by atoms with Crippen LogP contribution in [0.1, 0.15) is 10.4 Å². The predicted octanol–water partition coefficient (Wildman–Crippen LogP) is 1.64. The smallest absolute Gasteiger partial charge is 0.338 e. The molecule has 0 saturated carbocycles.